The Morgan fingerprint density at radius 3 is 2.59 bits per heavy atom. The maximum atomic E-state index is 13.1. The number of carbonyl (C=O) groups excluding carboxylic acids is 2. The second kappa shape index (κ2) is 7.63. The average molecular weight is 401 g/mol. The van der Waals surface area contributed by atoms with Crippen molar-refractivity contribution >= 4 is 11.8 Å². The number of hydrogen-bond acceptors (Lipinski definition) is 4. The van der Waals surface area contributed by atoms with Crippen LogP contribution in [0.25, 0.3) is 0 Å². The number of carbonyl (C=O) groups is 2. The third-order valence-electron chi connectivity index (χ3n) is 7.15. The van der Waals surface area contributed by atoms with Gasteiger partial charge < -0.3 is 19.6 Å². The largest absolute Gasteiger partial charge is 0.484 e. The molecule has 0 aromatic heterocycles. The number of hydrogen-bond donors (Lipinski definition) is 1. The van der Waals surface area contributed by atoms with Crippen molar-refractivity contribution in [1.82, 2.24) is 9.80 Å². The summed E-state index contributed by atoms with van der Waals surface area (Å²) in [6.45, 7) is 7.47. The van der Waals surface area contributed by atoms with Crippen molar-refractivity contribution in [2.24, 2.45) is 16.7 Å². The first-order valence-electron chi connectivity index (χ1n) is 10.8. The van der Waals surface area contributed by atoms with Gasteiger partial charge >= 0.3 is 0 Å². The van der Waals surface area contributed by atoms with Crippen LogP contribution in [0.3, 0.4) is 0 Å². The van der Waals surface area contributed by atoms with Crippen molar-refractivity contribution in [3.8, 4) is 5.75 Å². The Morgan fingerprint density at radius 2 is 1.93 bits per heavy atom. The van der Waals surface area contributed by atoms with Crippen LogP contribution in [-0.2, 0) is 4.79 Å². The van der Waals surface area contributed by atoms with Gasteiger partial charge in [-0.15, -0.1) is 0 Å². The fourth-order valence-corrected chi connectivity index (χ4v) is 5.78. The summed E-state index contributed by atoms with van der Waals surface area (Å²) in [5.74, 6) is 0.853. The van der Waals surface area contributed by atoms with E-state index in [1.807, 2.05) is 9.80 Å². The van der Waals surface area contributed by atoms with Crippen LogP contribution in [0.5, 0.6) is 5.75 Å². The van der Waals surface area contributed by atoms with Gasteiger partial charge in [-0.3, -0.25) is 9.59 Å². The van der Waals surface area contributed by atoms with Crippen LogP contribution >= 0.6 is 0 Å². The molecule has 2 amide bonds. The lowest BCUT2D eigenvalue weighted by Gasteiger charge is -2.55. The van der Waals surface area contributed by atoms with Gasteiger partial charge in [0.05, 0.1) is 6.61 Å². The molecule has 2 heterocycles. The van der Waals surface area contributed by atoms with Crippen molar-refractivity contribution in [3.05, 3.63) is 29.8 Å². The maximum absolute atomic E-state index is 13.1. The van der Waals surface area contributed by atoms with Crippen molar-refractivity contribution < 1.29 is 19.4 Å². The quantitative estimate of drug-likeness (QED) is 0.825. The lowest BCUT2D eigenvalue weighted by molar-refractivity contribution is -0.134. The number of piperidine rings is 1. The van der Waals surface area contributed by atoms with Crippen molar-refractivity contribution in [1.29, 1.82) is 0 Å². The molecule has 3 aliphatic rings. The topological polar surface area (TPSA) is 70.1 Å². The number of aliphatic hydroxyl groups excluding tert-OH is 1. The Hall–Kier alpha value is -2.08. The van der Waals surface area contributed by atoms with Gasteiger partial charge in [-0.05, 0) is 55.2 Å². The van der Waals surface area contributed by atoms with Gasteiger partial charge in [-0.2, -0.15) is 0 Å². The first kappa shape index (κ1) is 20.2. The van der Waals surface area contributed by atoms with E-state index in [-0.39, 0.29) is 35.9 Å². The van der Waals surface area contributed by atoms with Gasteiger partial charge in [0.2, 0.25) is 0 Å². The molecule has 4 rings (SSSR count). The summed E-state index contributed by atoms with van der Waals surface area (Å²) in [6, 6.07) is 7.10. The lowest BCUT2D eigenvalue weighted by atomic mass is 9.48. The van der Waals surface area contributed by atoms with Crippen molar-refractivity contribution in [2.75, 3.05) is 39.4 Å². The molecule has 2 aliphatic heterocycles. The van der Waals surface area contributed by atoms with E-state index in [0.717, 1.165) is 32.4 Å². The van der Waals surface area contributed by atoms with Gasteiger partial charge in [0.15, 0.2) is 6.61 Å². The molecule has 1 aliphatic carbocycles. The second-order valence-electron chi connectivity index (χ2n) is 9.68. The summed E-state index contributed by atoms with van der Waals surface area (Å²) >= 11 is 0. The summed E-state index contributed by atoms with van der Waals surface area (Å²) in [6.07, 6.45) is 4.24. The van der Waals surface area contributed by atoms with Crippen molar-refractivity contribution in [3.63, 3.8) is 0 Å². The van der Waals surface area contributed by atoms with Crippen LogP contribution in [0, 0.1) is 16.7 Å². The smallest absolute Gasteiger partial charge is 0.260 e. The normalized spacial score (nSPS) is 27.9. The molecule has 0 bridgehead atoms. The number of amides is 2. The first-order chi connectivity index (χ1) is 13.8. The minimum absolute atomic E-state index is 0.00432. The van der Waals surface area contributed by atoms with E-state index in [1.165, 1.54) is 6.42 Å². The number of ether oxygens (including phenoxy) is 1. The fourth-order valence-electron chi connectivity index (χ4n) is 5.78. The lowest BCUT2D eigenvalue weighted by Crippen LogP contribution is -2.54. The van der Waals surface area contributed by atoms with Crippen LogP contribution < -0.4 is 4.74 Å². The zero-order valence-corrected chi connectivity index (χ0v) is 17.5. The zero-order valence-electron chi connectivity index (χ0n) is 17.5. The standard InChI is InChI=1S/C23H32N2O4/c1-22(2)14-23(16-26)15-25(12-19(22)23)21(28)17-7-6-8-18(11-17)29-13-20(27)24-9-4-3-5-10-24/h6-8,11,19,26H,3-5,9-10,12-16H2,1-2H3/t19-,23-/m1/s1. The minimum atomic E-state index is -0.145. The number of fused-ring (bicyclic) bond motifs is 1. The Morgan fingerprint density at radius 1 is 1.17 bits per heavy atom. The van der Waals surface area contributed by atoms with E-state index in [1.54, 1.807) is 24.3 Å². The zero-order chi connectivity index (χ0) is 20.6. The Bertz CT molecular complexity index is 787. The molecule has 0 spiro atoms. The van der Waals surface area contributed by atoms with Gasteiger partial charge in [0.25, 0.3) is 11.8 Å². The molecule has 6 heteroatoms. The van der Waals surface area contributed by atoms with Gasteiger partial charge in [-0.25, -0.2) is 0 Å². The van der Waals surface area contributed by atoms with Crippen molar-refractivity contribution in [2.45, 2.75) is 39.5 Å². The molecule has 158 valence electrons. The highest BCUT2D eigenvalue weighted by atomic mass is 16.5. The highest BCUT2D eigenvalue weighted by molar-refractivity contribution is 5.95. The molecular weight excluding hydrogens is 368 g/mol. The molecule has 0 unspecified atom stereocenters. The number of nitrogens with zero attached hydrogens (tertiary/aromatic N) is 2. The summed E-state index contributed by atoms with van der Waals surface area (Å²) in [5, 5.41) is 9.93. The molecule has 6 nitrogen and oxygen atoms in total. The van der Waals surface area contributed by atoms with E-state index in [9.17, 15) is 14.7 Å². The van der Waals surface area contributed by atoms with E-state index in [4.69, 9.17) is 4.74 Å². The van der Waals surface area contributed by atoms with E-state index >= 15 is 0 Å². The van der Waals surface area contributed by atoms with Crippen LogP contribution in [0.1, 0.15) is 49.9 Å². The maximum Gasteiger partial charge on any atom is 0.260 e. The predicted molar refractivity (Wildman–Crippen MR) is 110 cm³/mol. The Labute approximate surface area is 172 Å². The van der Waals surface area contributed by atoms with E-state index in [2.05, 4.69) is 13.8 Å². The summed E-state index contributed by atoms with van der Waals surface area (Å²) < 4.78 is 5.70. The predicted octanol–water partition coefficient (Wildman–Crippen LogP) is 2.56. The molecular formula is C23H32N2O4. The SMILES string of the molecule is CC1(C)C[C@]2(CO)CN(C(=O)c3cccc(OCC(=O)N4CCCCC4)c3)C[C@H]12. The average Bonchev–Trinajstić information content (AvgIpc) is 3.07. The minimum Gasteiger partial charge on any atom is -0.484 e. The monoisotopic (exact) mass is 400 g/mol. The molecule has 0 radical (unpaired) electrons. The number of likely N-dealkylation sites (tertiary alicyclic amines) is 2. The molecule has 1 N–H and O–H groups in total. The third-order valence-corrected chi connectivity index (χ3v) is 7.15. The van der Waals surface area contributed by atoms with E-state index in [0.29, 0.717) is 30.3 Å². The summed E-state index contributed by atoms with van der Waals surface area (Å²) in [4.78, 5) is 29.1. The molecule has 2 saturated heterocycles. The van der Waals surface area contributed by atoms with Crippen LogP contribution in [0.4, 0.5) is 0 Å². The molecule has 29 heavy (non-hydrogen) atoms. The van der Waals surface area contributed by atoms with Crippen LogP contribution in [-0.4, -0.2) is 66.1 Å². The van der Waals surface area contributed by atoms with Gasteiger partial charge in [-0.1, -0.05) is 19.9 Å². The Balaban J connectivity index is 1.38. The number of aliphatic hydroxyl groups is 1. The summed E-state index contributed by atoms with van der Waals surface area (Å²) in [5.41, 5.74) is 0.589. The third kappa shape index (κ3) is 3.75. The van der Waals surface area contributed by atoms with Gasteiger partial charge in [0, 0.05) is 37.2 Å². The summed E-state index contributed by atoms with van der Waals surface area (Å²) in [7, 11) is 0. The van der Waals surface area contributed by atoms with Gasteiger partial charge in [0.1, 0.15) is 5.75 Å². The second-order valence-corrected chi connectivity index (χ2v) is 9.68. The highest BCUT2D eigenvalue weighted by Gasteiger charge is 2.63. The Kier molecular flexibility index (Phi) is 5.32. The molecule has 1 saturated carbocycles. The molecule has 1 aromatic rings. The molecule has 2 atom stereocenters. The van der Waals surface area contributed by atoms with Crippen LogP contribution in [0.2, 0.25) is 0 Å². The molecule has 1 aromatic carbocycles. The molecule has 3 fully saturated rings. The van der Waals surface area contributed by atoms with E-state index < -0.39 is 0 Å². The fraction of sp³-hybridized carbons (Fsp3) is 0.652. The number of benzene rings is 1. The number of rotatable bonds is 5. The highest BCUT2D eigenvalue weighted by Crippen LogP contribution is 2.62. The first-order valence-corrected chi connectivity index (χ1v) is 10.8. The van der Waals surface area contributed by atoms with Crippen LogP contribution in [0.15, 0.2) is 24.3 Å².